The van der Waals surface area contributed by atoms with E-state index in [1.165, 1.54) is 0 Å². The molecule has 0 bridgehead atoms. The molecule has 114 valence electrons. The van der Waals surface area contributed by atoms with E-state index in [-0.39, 0.29) is 11.1 Å². The first-order chi connectivity index (χ1) is 10.7. The van der Waals surface area contributed by atoms with Gasteiger partial charge in [0.15, 0.2) is 6.29 Å². The molecule has 0 saturated carbocycles. The van der Waals surface area contributed by atoms with Gasteiger partial charge in [-0.25, -0.2) is 0 Å². The van der Waals surface area contributed by atoms with E-state index in [0.29, 0.717) is 12.8 Å². The summed E-state index contributed by atoms with van der Waals surface area (Å²) in [6.07, 6.45) is 2.94. The average molecular weight is 296 g/mol. The van der Waals surface area contributed by atoms with Crippen molar-refractivity contribution in [1.82, 2.24) is 4.57 Å². The zero-order valence-electron chi connectivity index (χ0n) is 12.8. The summed E-state index contributed by atoms with van der Waals surface area (Å²) in [5, 5.41) is 0. The van der Waals surface area contributed by atoms with Gasteiger partial charge in [-0.1, -0.05) is 30.3 Å². The Balaban J connectivity index is 2.05. The van der Waals surface area contributed by atoms with E-state index in [2.05, 4.69) is 4.90 Å². The van der Waals surface area contributed by atoms with Crippen molar-refractivity contribution in [3.05, 3.63) is 63.6 Å². The minimum Gasteiger partial charge on any atom is -0.371 e. The van der Waals surface area contributed by atoms with Gasteiger partial charge in [0, 0.05) is 18.8 Å². The van der Waals surface area contributed by atoms with Crippen LogP contribution in [0.25, 0.3) is 0 Å². The molecular formula is C18H20N2O2. The average Bonchev–Trinajstić information content (AvgIpc) is 3.06. The zero-order chi connectivity index (χ0) is 15.5. The lowest BCUT2D eigenvalue weighted by atomic mass is 10.1. The molecule has 0 radical (unpaired) electrons. The second-order valence-electron chi connectivity index (χ2n) is 5.77. The maximum absolute atomic E-state index is 12.7. The number of rotatable bonds is 4. The lowest BCUT2D eigenvalue weighted by Gasteiger charge is -2.22. The van der Waals surface area contributed by atoms with Crippen LogP contribution in [0.3, 0.4) is 0 Å². The summed E-state index contributed by atoms with van der Waals surface area (Å²) >= 11 is 0. The van der Waals surface area contributed by atoms with E-state index in [9.17, 15) is 9.59 Å². The fraction of sp³-hybridized carbons (Fsp3) is 0.333. The van der Waals surface area contributed by atoms with Gasteiger partial charge in [0.25, 0.3) is 5.56 Å². The third-order valence-corrected chi connectivity index (χ3v) is 4.27. The number of carbonyl (C=O) groups is 1. The van der Waals surface area contributed by atoms with Gasteiger partial charge in [0.05, 0.1) is 12.2 Å². The van der Waals surface area contributed by atoms with Crippen LogP contribution in [-0.2, 0) is 6.54 Å². The number of anilines is 1. The van der Waals surface area contributed by atoms with Crippen molar-refractivity contribution in [1.29, 1.82) is 0 Å². The van der Waals surface area contributed by atoms with Gasteiger partial charge in [-0.3, -0.25) is 9.59 Å². The first kappa shape index (κ1) is 14.6. The molecule has 1 saturated heterocycles. The highest BCUT2D eigenvalue weighted by Crippen LogP contribution is 2.23. The van der Waals surface area contributed by atoms with Crippen molar-refractivity contribution >= 4 is 12.0 Å². The van der Waals surface area contributed by atoms with Gasteiger partial charge in [-0.05, 0) is 31.4 Å². The Morgan fingerprint density at radius 3 is 2.45 bits per heavy atom. The SMILES string of the molecule is Cc1cc(N2CCCC2)c(C=O)c(=O)n1Cc1ccccc1. The molecule has 1 aliphatic heterocycles. The second-order valence-corrected chi connectivity index (χ2v) is 5.77. The number of aromatic nitrogens is 1. The fourth-order valence-electron chi connectivity index (χ4n) is 3.06. The van der Waals surface area contributed by atoms with Crippen LogP contribution in [0.4, 0.5) is 5.69 Å². The Hall–Kier alpha value is -2.36. The molecule has 2 aromatic rings. The molecule has 0 N–H and O–H groups in total. The predicted octanol–water partition coefficient (Wildman–Crippen LogP) is 2.62. The summed E-state index contributed by atoms with van der Waals surface area (Å²) in [5.41, 5.74) is 2.82. The topological polar surface area (TPSA) is 42.3 Å². The fourth-order valence-corrected chi connectivity index (χ4v) is 3.06. The third-order valence-electron chi connectivity index (χ3n) is 4.27. The lowest BCUT2D eigenvalue weighted by molar-refractivity contribution is 0.112. The molecule has 0 unspecified atom stereocenters. The minimum absolute atomic E-state index is 0.194. The molecule has 4 nitrogen and oxygen atoms in total. The van der Waals surface area contributed by atoms with Crippen LogP contribution in [-0.4, -0.2) is 23.9 Å². The van der Waals surface area contributed by atoms with Gasteiger partial charge in [-0.15, -0.1) is 0 Å². The summed E-state index contributed by atoms with van der Waals surface area (Å²) in [7, 11) is 0. The Labute approximate surface area is 130 Å². The molecule has 0 spiro atoms. The summed E-state index contributed by atoms with van der Waals surface area (Å²) in [4.78, 5) is 26.3. The van der Waals surface area contributed by atoms with Crippen molar-refractivity contribution in [3.63, 3.8) is 0 Å². The number of hydrogen-bond acceptors (Lipinski definition) is 3. The van der Waals surface area contributed by atoms with E-state index >= 15 is 0 Å². The Morgan fingerprint density at radius 1 is 1.14 bits per heavy atom. The summed E-state index contributed by atoms with van der Waals surface area (Å²) < 4.78 is 1.68. The number of aldehydes is 1. The standard InChI is InChI=1S/C18H20N2O2/c1-14-11-17(19-9-5-6-10-19)16(13-21)18(22)20(14)12-15-7-3-2-4-8-15/h2-4,7-8,11,13H,5-6,9-10,12H2,1H3. The predicted molar refractivity (Wildman–Crippen MR) is 87.8 cm³/mol. The van der Waals surface area contributed by atoms with Crippen LogP contribution in [0, 0.1) is 6.92 Å². The maximum Gasteiger partial charge on any atom is 0.263 e. The highest BCUT2D eigenvalue weighted by atomic mass is 16.1. The van der Waals surface area contributed by atoms with Crippen LogP contribution >= 0.6 is 0 Å². The second kappa shape index (κ2) is 6.18. The van der Waals surface area contributed by atoms with Crippen molar-refractivity contribution in [2.45, 2.75) is 26.3 Å². The molecule has 0 aliphatic carbocycles. The van der Waals surface area contributed by atoms with Crippen molar-refractivity contribution in [2.75, 3.05) is 18.0 Å². The Morgan fingerprint density at radius 2 is 1.82 bits per heavy atom. The van der Waals surface area contributed by atoms with Crippen molar-refractivity contribution in [2.24, 2.45) is 0 Å². The molecule has 1 aromatic carbocycles. The lowest BCUT2D eigenvalue weighted by Crippen LogP contribution is -2.30. The van der Waals surface area contributed by atoms with E-state index in [4.69, 9.17) is 0 Å². The van der Waals surface area contributed by atoms with Crippen LogP contribution in [0.15, 0.2) is 41.2 Å². The first-order valence-corrected chi connectivity index (χ1v) is 7.69. The third kappa shape index (κ3) is 2.69. The number of pyridine rings is 1. The quantitative estimate of drug-likeness (QED) is 0.815. The highest BCUT2D eigenvalue weighted by molar-refractivity contribution is 5.84. The van der Waals surface area contributed by atoms with E-state index in [1.807, 2.05) is 43.3 Å². The summed E-state index contributed by atoms with van der Waals surface area (Å²) in [6, 6.07) is 11.8. The van der Waals surface area contributed by atoms with Crippen LogP contribution in [0.2, 0.25) is 0 Å². The Bertz CT molecular complexity index is 729. The van der Waals surface area contributed by atoms with Gasteiger partial charge < -0.3 is 9.47 Å². The number of aryl methyl sites for hydroxylation is 1. The number of hydrogen-bond donors (Lipinski definition) is 0. The van der Waals surface area contributed by atoms with Crippen LogP contribution < -0.4 is 10.5 Å². The first-order valence-electron chi connectivity index (χ1n) is 7.69. The van der Waals surface area contributed by atoms with Gasteiger partial charge in [0.2, 0.25) is 0 Å². The monoisotopic (exact) mass is 296 g/mol. The number of carbonyl (C=O) groups excluding carboxylic acids is 1. The van der Waals surface area contributed by atoms with Crippen LogP contribution in [0.5, 0.6) is 0 Å². The molecule has 1 aromatic heterocycles. The van der Waals surface area contributed by atoms with Gasteiger partial charge in [-0.2, -0.15) is 0 Å². The molecule has 1 aliphatic rings. The molecule has 1 fully saturated rings. The smallest absolute Gasteiger partial charge is 0.263 e. The van der Waals surface area contributed by atoms with E-state index < -0.39 is 0 Å². The van der Waals surface area contributed by atoms with Crippen LogP contribution in [0.1, 0.15) is 34.5 Å². The summed E-state index contributed by atoms with van der Waals surface area (Å²) in [5.74, 6) is 0. The largest absolute Gasteiger partial charge is 0.371 e. The molecule has 3 rings (SSSR count). The van der Waals surface area contributed by atoms with Crippen molar-refractivity contribution < 1.29 is 4.79 Å². The highest BCUT2D eigenvalue weighted by Gasteiger charge is 2.20. The Kier molecular flexibility index (Phi) is 4.09. The molecule has 22 heavy (non-hydrogen) atoms. The number of benzene rings is 1. The molecule has 0 amide bonds. The zero-order valence-corrected chi connectivity index (χ0v) is 12.8. The number of nitrogens with zero attached hydrogens (tertiary/aromatic N) is 2. The molecule has 0 atom stereocenters. The van der Waals surface area contributed by atoms with E-state index in [1.54, 1.807) is 4.57 Å². The maximum atomic E-state index is 12.7. The van der Waals surface area contributed by atoms with Gasteiger partial charge >= 0.3 is 0 Å². The molecular weight excluding hydrogens is 276 g/mol. The minimum atomic E-state index is -0.194. The summed E-state index contributed by atoms with van der Waals surface area (Å²) in [6.45, 7) is 4.26. The normalized spacial score (nSPS) is 14.3. The molecule has 2 heterocycles. The van der Waals surface area contributed by atoms with Gasteiger partial charge in [0.1, 0.15) is 5.56 Å². The van der Waals surface area contributed by atoms with Crippen molar-refractivity contribution in [3.8, 4) is 0 Å². The molecule has 4 heteroatoms. The van der Waals surface area contributed by atoms with E-state index in [0.717, 1.165) is 42.9 Å².